The van der Waals surface area contributed by atoms with Gasteiger partial charge in [-0.15, -0.1) is 0 Å². The van der Waals surface area contributed by atoms with Gasteiger partial charge in [-0.2, -0.15) is 0 Å². The van der Waals surface area contributed by atoms with E-state index >= 15 is 0 Å². The smallest absolute Gasteiger partial charge is 0.277 e. The zero-order valence-corrected chi connectivity index (χ0v) is 10.3. The van der Waals surface area contributed by atoms with Crippen LogP contribution in [0.5, 0.6) is 0 Å². The van der Waals surface area contributed by atoms with E-state index in [4.69, 9.17) is 9.25 Å². The maximum atomic E-state index is 13.3. The largest absolute Gasteiger partial charge is 0.469 e. The third kappa shape index (κ3) is 3.93. The Morgan fingerprint density at radius 2 is 2.11 bits per heavy atom. The number of hydrogen-bond donors (Lipinski definition) is 1. The number of hydroxylamine groups is 1. The van der Waals surface area contributed by atoms with Crippen LogP contribution in [0, 0.1) is 5.82 Å². The summed E-state index contributed by atoms with van der Waals surface area (Å²) in [6, 6.07) is 9.43. The van der Waals surface area contributed by atoms with E-state index in [1.165, 1.54) is 18.2 Å². The van der Waals surface area contributed by atoms with Gasteiger partial charge in [-0.1, -0.05) is 12.1 Å². The van der Waals surface area contributed by atoms with Crippen LogP contribution >= 0.6 is 0 Å². The maximum Gasteiger partial charge on any atom is 0.277 e. The van der Waals surface area contributed by atoms with E-state index in [0.717, 1.165) is 12.2 Å². The van der Waals surface area contributed by atoms with Crippen LogP contribution in [0.15, 0.2) is 47.1 Å². The van der Waals surface area contributed by atoms with Gasteiger partial charge in [-0.05, 0) is 30.7 Å². The summed E-state index contributed by atoms with van der Waals surface area (Å²) >= 11 is 0. The summed E-state index contributed by atoms with van der Waals surface area (Å²) in [6.45, 7) is 0.334. The Kier molecular flexibility index (Phi) is 4.69. The SMILES string of the molecule is O=C(NOCCCc1ccco1)c1ccccc1F. The van der Waals surface area contributed by atoms with Crippen LogP contribution in [-0.4, -0.2) is 12.5 Å². The van der Waals surface area contributed by atoms with Gasteiger partial charge in [0.05, 0.1) is 18.4 Å². The highest BCUT2D eigenvalue weighted by Gasteiger charge is 2.10. The molecule has 1 amide bonds. The normalized spacial score (nSPS) is 10.4. The highest BCUT2D eigenvalue weighted by Crippen LogP contribution is 2.06. The number of benzene rings is 1. The molecule has 0 saturated carbocycles. The van der Waals surface area contributed by atoms with Gasteiger partial charge < -0.3 is 4.42 Å². The molecule has 0 saturated heterocycles. The van der Waals surface area contributed by atoms with Crippen molar-refractivity contribution in [3.05, 3.63) is 59.8 Å². The lowest BCUT2D eigenvalue weighted by Gasteiger charge is -2.06. The standard InChI is InChI=1S/C14H14FNO3/c15-13-8-2-1-7-12(13)14(17)16-19-10-4-6-11-5-3-9-18-11/h1-3,5,7-9H,4,6,10H2,(H,16,17). The molecule has 1 heterocycles. The second-order valence-electron chi connectivity index (χ2n) is 3.94. The average Bonchev–Trinajstić information content (AvgIpc) is 2.92. The van der Waals surface area contributed by atoms with E-state index < -0.39 is 11.7 Å². The van der Waals surface area contributed by atoms with E-state index in [2.05, 4.69) is 5.48 Å². The van der Waals surface area contributed by atoms with E-state index in [9.17, 15) is 9.18 Å². The molecule has 4 nitrogen and oxygen atoms in total. The number of nitrogens with one attached hydrogen (secondary N) is 1. The Bertz CT molecular complexity index is 525. The molecule has 0 fully saturated rings. The Balaban J connectivity index is 1.68. The number of carbonyl (C=O) groups is 1. The highest BCUT2D eigenvalue weighted by molar-refractivity contribution is 5.93. The van der Waals surface area contributed by atoms with E-state index in [-0.39, 0.29) is 5.56 Å². The quantitative estimate of drug-likeness (QED) is 0.644. The van der Waals surface area contributed by atoms with Crippen LogP contribution in [-0.2, 0) is 11.3 Å². The summed E-state index contributed by atoms with van der Waals surface area (Å²) in [4.78, 5) is 16.6. The maximum absolute atomic E-state index is 13.3. The second-order valence-corrected chi connectivity index (χ2v) is 3.94. The predicted octanol–water partition coefficient (Wildman–Crippen LogP) is 2.71. The molecule has 0 aliphatic carbocycles. The molecule has 0 spiro atoms. The minimum atomic E-state index is -0.587. The van der Waals surface area contributed by atoms with Crippen LogP contribution in [0.2, 0.25) is 0 Å². The third-order valence-corrected chi connectivity index (χ3v) is 2.53. The number of halogens is 1. The fraction of sp³-hybridized carbons (Fsp3) is 0.214. The number of hydrogen-bond acceptors (Lipinski definition) is 3. The van der Waals surface area contributed by atoms with Crippen molar-refractivity contribution in [3.8, 4) is 0 Å². The molecule has 0 unspecified atom stereocenters. The Hall–Kier alpha value is -2.14. The zero-order valence-electron chi connectivity index (χ0n) is 10.3. The fourth-order valence-corrected chi connectivity index (χ4v) is 1.59. The first-order chi connectivity index (χ1) is 9.27. The molecule has 0 radical (unpaired) electrons. The van der Waals surface area contributed by atoms with Gasteiger partial charge in [-0.25, -0.2) is 9.87 Å². The molecular weight excluding hydrogens is 249 g/mol. The molecule has 0 aliphatic heterocycles. The lowest BCUT2D eigenvalue weighted by atomic mass is 10.2. The lowest BCUT2D eigenvalue weighted by Crippen LogP contribution is -2.25. The van der Waals surface area contributed by atoms with Gasteiger partial charge in [0.15, 0.2) is 0 Å². The van der Waals surface area contributed by atoms with Crippen molar-refractivity contribution in [1.29, 1.82) is 0 Å². The predicted molar refractivity (Wildman–Crippen MR) is 66.8 cm³/mol. The van der Waals surface area contributed by atoms with Crippen molar-refractivity contribution in [1.82, 2.24) is 5.48 Å². The molecule has 2 aromatic rings. The van der Waals surface area contributed by atoms with Crippen LogP contribution in [0.25, 0.3) is 0 Å². The number of carbonyl (C=O) groups excluding carboxylic acids is 1. The molecule has 5 heteroatoms. The number of aryl methyl sites for hydroxylation is 1. The van der Waals surface area contributed by atoms with Gasteiger partial charge in [-0.3, -0.25) is 9.63 Å². The van der Waals surface area contributed by atoms with E-state index in [0.29, 0.717) is 13.0 Å². The molecule has 1 aromatic heterocycles. The molecule has 2 rings (SSSR count). The van der Waals surface area contributed by atoms with Gasteiger partial charge >= 0.3 is 0 Å². The Morgan fingerprint density at radius 1 is 1.26 bits per heavy atom. The van der Waals surface area contributed by atoms with Crippen molar-refractivity contribution in [2.45, 2.75) is 12.8 Å². The molecule has 0 atom stereocenters. The van der Waals surface area contributed by atoms with Crippen molar-refractivity contribution in [2.75, 3.05) is 6.61 Å². The van der Waals surface area contributed by atoms with Crippen LogP contribution in [0.3, 0.4) is 0 Å². The minimum absolute atomic E-state index is 0.0338. The van der Waals surface area contributed by atoms with E-state index in [1.807, 2.05) is 12.1 Å². The summed E-state index contributed by atoms with van der Waals surface area (Å²) in [5.74, 6) is -0.292. The molecule has 0 bridgehead atoms. The zero-order chi connectivity index (χ0) is 13.5. The minimum Gasteiger partial charge on any atom is -0.469 e. The molecule has 0 aliphatic rings. The van der Waals surface area contributed by atoms with Crippen LogP contribution in [0.1, 0.15) is 22.5 Å². The summed E-state index contributed by atoms with van der Waals surface area (Å²) in [6.07, 6.45) is 3.03. The average molecular weight is 263 g/mol. The number of amides is 1. The van der Waals surface area contributed by atoms with Gasteiger partial charge in [0.25, 0.3) is 5.91 Å². The second kappa shape index (κ2) is 6.70. The van der Waals surface area contributed by atoms with Crippen molar-refractivity contribution >= 4 is 5.91 Å². The van der Waals surface area contributed by atoms with Crippen LogP contribution < -0.4 is 5.48 Å². The first-order valence-corrected chi connectivity index (χ1v) is 5.96. The van der Waals surface area contributed by atoms with Crippen molar-refractivity contribution < 1.29 is 18.4 Å². The van der Waals surface area contributed by atoms with E-state index in [1.54, 1.807) is 12.3 Å². The fourth-order valence-electron chi connectivity index (χ4n) is 1.59. The van der Waals surface area contributed by atoms with Gasteiger partial charge in [0.2, 0.25) is 0 Å². The Labute approximate surface area is 110 Å². The molecule has 1 aromatic carbocycles. The molecule has 1 N–H and O–H groups in total. The number of furan rings is 1. The summed E-state index contributed by atoms with van der Waals surface area (Å²) in [5.41, 5.74) is 2.18. The Morgan fingerprint density at radius 3 is 2.84 bits per heavy atom. The first kappa shape index (κ1) is 13.3. The lowest BCUT2D eigenvalue weighted by molar-refractivity contribution is 0.0298. The van der Waals surface area contributed by atoms with Crippen molar-refractivity contribution in [3.63, 3.8) is 0 Å². The van der Waals surface area contributed by atoms with Gasteiger partial charge in [0.1, 0.15) is 11.6 Å². The van der Waals surface area contributed by atoms with Crippen LogP contribution in [0.4, 0.5) is 4.39 Å². The summed E-state index contributed by atoms with van der Waals surface area (Å²) in [5, 5.41) is 0. The monoisotopic (exact) mass is 263 g/mol. The topological polar surface area (TPSA) is 51.5 Å². The number of rotatable bonds is 6. The molecular formula is C14H14FNO3. The third-order valence-electron chi connectivity index (χ3n) is 2.53. The highest BCUT2D eigenvalue weighted by atomic mass is 19.1. The summed E-state index contributed by atoms with van der Waals surface area (Å²) < 4.78 is 18.4. The molecule has 100 valence electrons. The summed E-state index contributed by atoms with van der Waals surface area (Å²) in [7, 11) is 0. The van der Waals surface area contributed by atoms with Gasteiger partial charge in [0, 0.05) is 6.42 Å². The first-order valence-electron chi connectivity index (χ1n) is 5.96. The molecule has 19 heavy (non-hydrogen) atoms. The van der Waals surface area contributed by atoms with Crippen molar-refractivity contribution in [2.24, 2.45) is 0 Å².